The Morgan fingerprint density at radius 3 is 1.93 bits per heavy atom. The minimum Gasteiger partial charge on any atom is -0.478 e. The first-order chi connectivity index (χ1) is 13.6. The Balaban J connectivity index is 0.000000447. The Bertz CT molecular complexity index is 843. The van der Waals surface area contributed by atoms with Crippen molar-refractivity contribution in [3.05, 3.63) is 63.9 Å². The fourth-order valence-corrected chi connectivity index (χ4v) is 3.30. The topological polar surface area (TPSA) is 98.2 Å². The van der Waals surface area contributed by atoms with Crippen molar-refractivity contribution < 1.29 is 24.6 Å². The van der Waals surface area contributed by atoms with Gasteiger partial charge in [-0.1, -0.05) is 18.2 Å². The molecule has 0 spiro atoms. The van der Waals surface area contributed by atoms with Crippen molar-refractivity contribution in [1.82, 2.24) is 4.90 Å². The second kappa shape index (κ2) is 11.8. The van der Waals surface area contributed by atoms with Crippen LogP contribution in [0.25, 0.3) is 0 Å². The molecule has 1 aromatic carbocycles. The molecule has 0 aliphatic heterocycles. The van der Waals surface area contributed by atoms with E-state index in [9.17, 15) is 14.4 Å². The first-order valence-corrected chi connectivity index (χ1v) is 9.66. The number of likely N-dealkylation sites (N-methyl/N-ethyl adjacent to an activating group) is 1. The van der Waals surface area contributed by atoms with Gasteiger partial charge in [0.15, 0.2) is 0 Å². The van der Waals surface area contributed by atoms with Crippen molar-refractivity contribution in [1.29, 1.82) is 0 Å². The van der Waals surface area contributed by atoms with Crippen LogP contribution in [0.15, 0.2) is 48.6 Å². The molecule has 29 heavy (non-hydrogen) atoms. The molecule has 0 aliphatic carbocycles. The van der Waals surface area contributed by atoms with E-state index in [1.54, 1.807) is 11.3 Å². The van der Waals surface area contributed by atoms with Gasteiger partial charge in [0.05, 0.1) is 5.56 Å². The lowest BCUT2D eigenvalue weighted by Gasteiger charge is -2.24. The Morgan fingerprint density at radius 1 is 0.966 bits per heavy atom. The molecule has 2 N–H and O–H groups in total. The smallest absolute Gasteiger partial charge is 0.328 e. The van der Waals surface area contributed by atoms with Crippen molar-refractivity contribution in [3.8, 4) is 0 Å². The lowest BCUT2D eigenvalue weighted by molar-refractivity contribution is -0.134. The third-order valence-corrected chi connectivity index (χ3v) is 4.69. The van der Waals surface area contributed by atoms with E-state index in [4.69, 9.17) is 10.2 Å². The molecule has 8 heteroatoms. The minimum absolute atomic E-state index is 0.0879. The van der Waals surface area contributed by atoms with Crippen LogP contribution in [0.3, 0.4) is 0 Å². The maximum absolute atomic E-state index is 12.9. The van der Waals surface area contributed by atoms with Gasteiger partial charge in [0.1, 0.15) is 0 Å². The molecule has 0 aliphatic rings. The normalized spacial score (nSPS) is 10.5. The van der Waals surface area contributed by atoms with E-state index >= 15 is 0 Å². The molecule has 0 saturated carbocycles. The van der Waals surface area contributed by atoms with Gasteiger partial charge in [0, 0.05) is 40.7 Å². The highest BCUT2D eigenvalue weighted by Crippen LogP contribution is 2.24. The fraction of sp³-hybridized carbons (Fsp3) is 0.286. The zero-order chi connectivity index (χ0) is 22.0. The Labute approximate surface area is 174 Å². The van der Waals surface area contributed by atoms with Gasteiger partial charge in [0.25, 0.3) is 5.91 Å². The van der Waals surface area contributed by atoms with Crippen LogP contribution in [0.2, 0.25) is 0 Å². The summed E-state index contributed by atoms with van der Waals surface area (Å²) in [5.41, 5.74) is 1.77. The van der Waals surface area contributed by atoms with Crippen LogP contribution < -0.4 is 4.90 Å². The molecule has 156 valence electrons. The zero-order valence-corrected chi connectivity index (χ0v) is 17.8. The summed E-state index contributed by atoms with van der Waals surface area (Å²) in [6, 6.07) is 11.9. The average molecular weight is 419 g/mol. The van der Waals surface area contributed by atoms with Crippen LogP contribution in [-0.4, -0.2) is 60.1 Å². The van der Waals surface area contributed by atoms with Gasteiger partial charge >= 0.3 is 11.9 Å². The molecule has 1 amide bonds. The van der Waals surface area contributed by atoms with E-state index < -0.39 is 11.9 Å². The first kappa shape index (κ1) is 24.1. The lowest BCUT2D eigenvalue weighted by Crippen LogP contribution is -2.36. The van der Waals surface area contributed by atoms with Gasteiger partial charge in [-0.2, -0.15) is 0 Å². The van der Waals surface area contributed by atoms with Gasteiger partial charge in [-0.15, -0.1) is 11.3 Å². The number of hydrogen-bond donors (Lipinski definition) is 2. The number of aryl methyl sites for hydroxylation is 2. The number of carbonyl (C=O) groups is 3. The number of carboxylic acids is 2. The number of thiophene rings is 1. The standard InChI is InChI=1S/C17H22N2OS.C4H4O4/c1-13-12-16(14(2)21-13)17(20)19(11-10-18(3)4)15-8-6-5-7-9-15;5-3(6)1-2-4(7)8/h5-9,12H,10-11H2,1-4H3;1-2H,(H,5,6)(H,7,8)/b;2-1+. The molecule has 7 nitrogen and oxygen atoms in total. The summed E-state index contributed by atoms with van der Waals surface area (Å²) in [7, 11) is 4.04. The van der Waals surface area contributed by atoms with Crippen molar-refractivity contribution in [2.75, 3.05) is 32.1 Å². The number of rotatable bonds is 7. The predicted octanol–water partition coefficient (Wildman–Crippen LogP) is 3.29. The van der Waals surface area contributed by atoms with Gasteiger partial charge < -0.3 is 20.0 Å². The molecule has 1 heterocycles. The number of hydrogen-bond acceptors (Lipinski definition) is 5. The van der Waals surface area contributed by atoms with Crippen LogP contribution in [0.1, 0.15) is 20.1 Å². The van der Waals surface area contributed by atoms with Gasteiger partial charge in [-0.05, 0) is 46.1 Å². The fourth-order valence-electron chi connectivity index (χ4n) is 2.39. The summed E-state index contributed by atoms with van der Waals surface area (Å²) in [6.07, 6.45) is 1.12. The molecule has 1 aromatic heterocycles. The maximum Gasteiger partial charge on any atom is 0.328 e. The molecule has 0 unspecified atom stereocenters. The molecule has 0 fully saturated rings. The van der Waals surface area contributed by atoms with Crippen molar-refractivity contribution >= 4 is 34.9 Å². The summed E-state index contributed by atoms with van der Waals surface area (Å²) in [5, 5.41) is 15.6. The van der Waals surface area contributed by atoms with Crippen LogP contribution in [0.5, 0.6) is 0 Å². The number of para-hydroxylation sites is 1. The molecule has 0 bridgehead atoms. The van der Waals surface area contributed by atoms with Crippen molar-refractivity contribution in [2.45, 2.75) is 13.8 Å². The summed E-state index contributed by atoms with van der Waals surface area (Å²) in [6.45, 7) is 5.58. The van der Waals surface area contributed by atoms with Gasteiger partial charge in [0.2, 0.25) is 0 Å². The first-order valence-electron chi connectivity index (χ1n) is 8.84. The van der Waals surface area contributed by atoms with Gasteiger partial charge in [-0.3, -0.25) is 4.79 Å². The quantitative estimate of drug-likeness (QED) is 0.670. The van der Waals surface area contributed by atoms with Crippen LogP contribution >= 0.6 is 11.3 Å². The van der Waals surface area contributed by atoms with E-state index in [2.05, 4.69) is 4.90 Å². The summed E-state index contributed by atoms with van der Waals surface area (Å²) >= 11 is 1.68. The Kier molecular flexibility index (Phi) is 9.78. The molecule has 2 rings (SSSR count). The maximum atomic E-state index is 12.9. The molecule has 0 radical (unpaired) electrons. The van der Waals surface area contributed by atoms with Gasteiger partial charge in [-0.25, -0.2) is 9.59 Å². The Morgan fingerprint density at radius 2 is 1.52 bits per heavy atom. The highest BCUT2D eigenvalue weighted by molar-refractivity contribution is 7.12. The largest absolute Gasteiger partial charge is 0.478 e. The number of nitrogens with zero attached hydrogens (tertiary/aromatic N) is 2. The number of carbonyl (C=O) groups excluding carboxylic acids is 1. The lowest BCUT2D eigenvalue weighted by atomic mass is 10.2. The van der Waals surface area contributed by atoms with E-state index in [0.29, 0.717) is 18.7 Å². The molecule has 0 saturated heterocycles. The highest BCUT2D eigenvalue weighted by atomic mass is 32.1. The summed E-state index contributed by atoms with van der Waals surface area (Å²) in [4.78, 5) is 38.2. The van der Waals surface area contributed by atoms with Crippen LogP contribution in [-0.2, 0) is 9.59 Å². The van der Waals surface area contributed by atoms with Crippen molar-refractivity contribution in [3.63, 3.8) is 0 Å². The van der Waals surface area contributed by atoms with E-state index in [1.165, 1.54) is 4.88 Å². The molecular formula is C21H26N2O5S. The number of benzene rings is 1. The van der Waals surface area contributed by atoms with Crippen LogP contribution in [0, 0.1) is 13.8 Å². The second-order valence-corrected chi connectivity index (χ2v) is 7.89. The number of aliphatic carboxylic acids is 2. The predicted molar refractivity (Wildman–Crippen MR) is 115 cm³/mol. The third-order valence-electron chi connectivity index (χ3n) is 3.72. The molecule has 0 atom stereocenters. The summed E-state index contributed by atoms with van der Waals surface area (Å²) < 4.78 is 0. The molecular weight excluding hydrogens is 392 g/mol. The van der Waals surface area contributed by atoms with E-state index in [0.717, 1.165) is 22.7 Å². The second-order valence-electron chi connectivity index (χ2n) is 6.43. The Hall–Kier alpha value is -2.97. The summed E-state index contributed by atoms with van der Waals surface area (Å²) in [5.74, 6) is -2.43. The number of anilines is 1. The number of carboxylic acid groups (broad SMARTS) is 2. The zero-order valence-electron chi connectivity index (χ0n) is 17.0. The molecule has 2 aromatic rings. The highest BCUT2D eigenvalue weighted by Gasteiger charge is 2.20. The monoisotopic (exact) mass is 418 g/mol. The van der Waals surface area contributed by atoms with E-state index in [-0.39, 0.29) is 5.91 Å². The van der Waals surface area contributed by atoms with Crippen LogP contribution in [0.4, 0.5) is 5.69 Å². The SMILES string of the molecule is Cc1cc(C(=O)N(CCN(C)C)c2ccccc2)c(C)s1.O=C(O)/C=C/C(=O)O. The van der Waals surface area contributed by atoms with E-state index in [1.807, 2.05) is 69.2 Å². The average Bonchev–Trinajstić information content (AvgIpc) is 2.99. The minimum atomic E-state index is -1.26. The number of amides is 1. The van der Waals surface area contributed by atoms with Crippen molar-refractivity contribution in [2.24, 2.45) is 0 Å². The third kappa shape index (κ3) is 8.71.